The van der Waals surface area contributed by atoms with Crippen molar-refractivity contribution in [2.24, 2.45) is 0 Å². The molecule has 6 heteroatoms. The molecule has 3 N–H and O–H groups in total. The van der Waals surface area contributed by atoms with Gasteiger partial charge < -0.3 is 20.3 Å². The van der Waals surface area contributed by atoms with Crippen molar-refractivity contribution in [1.29, 1.82) is 0 Å². The molecule has 0 aromatic rings. The van der Waals surface area contributed by atoms with Crippen LogP contribution in [0.1, 0.15) is 348 Å². The number of esters is 1. The fourth-order valence-electron chi connectivity index (χ4n) is 9.96. The number of carbonyl (C=O) groups is 2. The topological polar surface area (TPSA) is 95.9 Å². The molecule has 0 rings (SSSR count). The van der Waals surface area contributed by atoms with Crippen LogP contribution in [0.15, 0.2) is 36.5 Å². The first-order valence-corrected chi connectivity index (χ1v) is 32.2. The van der Waals surface area contributed by atoms with Crippen molar-refractivity contribution in [2.75, 3.05) is 13.2 Å². The minimum atomic E-state index is -0.668. The highest BCUT2D eigenvalue weighted by Gasteiger charge is 2.20. The molecule has 0 bridgehead atoms. The number of allylic oxidation sites excluding steroid dienone is 6. The van der Waals surface area contributed by atoms with Gasteiger partial charge in [-0.25, -0.2) is 0 Å². The highest BCUT2D eigenvalue weighted by molar-refractivity contribution is 5.76. The van der Waals surface area contributed by atoms with Crippen LogP contribution < -0.4 is 5.32 Å². The second-order valence-electron chi connectivity index (χ2n) is 22.1. The average molecular weight is 1010 g/mol. The van der Waals surface area contributed by atoms with E-state index in [1.165, 1.54) is 263 Å². The van der Waals surface area contributed by atoms with Crippen molar-refractivity contribution < 1.29 is 24.5 Å². The summed E-state index contributed by atoms with van der Waals surface area (Å²) in [5, 5.41) is 23.3. The number of amides is 1. The maximum atomic E-state index is 12.5. The van der Waals surface area contributed by atoms with Crippen molar-refractivity contribution in [3.05, 3.63) is 36.5 Å². The van der Waals surface area contributed by atoms with Crippen LogP contribution in [0, 0.1) is 0 Å². The molecular weight excluding hydrogens is 887 g/mol. The SMILES string of the molecule is CCCCC/C=C\C/C=C\CCCCCCCCCCCC(=O)OCCCCCCCCCCCCCC/C=C\CCCCCCCCCC(=O)NC(CO)C(O)CCCCCCCCCCCCCCC. The summed E-state index contributed by atoms with van der Waals surface area (Å²) in [5.41, 5.74) is 0. The lowest BCUT2D eigenvalue weighted by Gasteiger charge is -2.22. The minimum Gasteiger partial charge on any atom is -0.466 e. The molecule has 6 nitrogen and oxygen atoms in total. The van der Waals surface area contributed by atoms with Crippen LogP contribution in [0.4, 0.5) is 0 Å². The summed E-state index contributed by atoms with van der Waals surface area (Å²) in [7, 11) is 0. The molecular formula is C66H125NO5. The summed E-state index contributed by atoms with van der Waals surface area (Å²) in [5.74, 6) is -0.0326. The van der Waals surface area contributed by atoms with Crippen LogP contribution in [0.25, 0.3) is 0 Å². The zero-order chi connectivity index (χ0) is 52.2. The zero-order valence-electron chi connectivity index (χ0n) is 48.4. The lowest BCUT2D eigenvalue weighted by molar-refractivity contribution is -0.143. The highest BCUT2D eigenvalue weighted by Crippen LogP contribution is 2.17. The van der Waals surface area contributed by atoms with Gasteiger partial charge in [0.15, 0.2) is 0 Å². The average Bonchev–Trinajstić information content (AvgIpc) is 3.38. The molecule has 1 amide bonds. The molecule has 0 aliphatic heterocycles. The number of aliphatic hydroxyl groups is 2. The fourth-order valence-corrected chi connectivity index (χ4v) is 9.96. The summed E-state index contributed by atoms with van der Waals surface area (Å²) in [4.78, 5) is 24.6. The van der Waals surface area contributed by atoms with Crippen molar-refractivity contribution in [3.8, 4) is 0 Å². The summed E-state index contributed by atoms with van der Waals surface area (Å²) in [6.07, 6.45) is 77.3. The van der Waals surface area contributed by atoms with Gasteiger partial charge in [-0.15, -0.1) is 0 Å². The quantitative estimate of drug-likeness (QED) is 0.0320. The van der Waals surface area contributed by atoms with Gasteiger partial charge >= 0.3 is 5.97 Å². The van der Waals surface area contributed by atoms with E-state index in [9.17, 15) is 19.8 Å². The summed E-state index contributed by atoms with van der Waals surface area (Å²) >= 11 is 0. The molecule has 0 saturated heterocycles. The van der Waals surface area contributed by atoms with Crippen LogP contribution in [-0.2, 0) is 14.3 Å². The molecule has 0 aliphatic carbocycles. The lowest BCUT2D eigenvalue weighted by atomic mass is 10.0. The Balaban J connectivity index is 3.39. The molecule has 424 valence electrons. The number of aliphatic hydroxyl groups excluding tert-OH is 2. The van der Waals surface area contributed by atoms with E-state index in [4.69, 9.17) is 4.74 Å². The van der Waals surface area contributed by atoms with E-state index >= 15 is 0 Å². The van der Waals surface area contributed by atoms with E-state index in [2.05, 4.69) is 55.6 Å². The van der Waals surface area contributed by atoms with Crippen LogP contribution in [0.2, 0.25) is 0 Å². The van der Waals surface area contributed by atoms with Gasteiger partial charge in [-0.05, 0) is 83.5 Å². The monoisotopic (exact) mass is 1010 g/mol. The maximum Gasteiger partial charge on any atom is 0.305 e. The Bertz CT molecular complexity index is 1170. The van der Waals surface area contributed by atoms with Crippen LogP contribution in [0.3, 0.4) is 0 Å². The van der Waals surface area contributed by atoms with Crippen molar-refractivity contribution in [2.45, 2.75) is 360 Å². The number of rotatable bonds is 60. The molecule has 72 heavy (non-hydrogen) atoms. The Morgan fingerprint density at radius 3 is 1.10 bits per heavy atom. The number of nitrogens with one attached hydrogen (secondary N) is 1. The van der Waals surface area contributed by atoms with Gasteiger partial charge in [-0.1, -0.05) is 288 Å². The van der Waals surface area contributed by atoms with Crippen molar-refractivity contribution in [1.82, 2.24) is 5.32 Å². The number of hydrogen-bond donors (Lipinski definition) is 3. The molecule has 2 unspecified atom stereocenters. The third-order valence-electron chi connectivity index (χ3n) is 14.9. The first-order valence-electron chi connectivity index (χ1n) is 32.2. The third-order valence-corrected chi connectivity index (χ3v) is 14.9. The molecule has 0 aromatic carbocycles. The molecule has 0 spiro atoms. The normalized spacial score (nSPS) is 12.8. The second-order valence-corrected chi connectivity index (χ2v) is 22.1. The van der Waals surface area contributed by atoms with Crippen LogP contribution in [0.5, 0.6) is 0 Å². The predicted molar refractivity (Wildman–Crippen MR) is 315 cm³/mol. The van der Waals surface area contributed by atoms with Gasteiger partial charge in [0.05, 0.1) is 25.4 Å². The Kier molecular flexibility index (Phi) is 60.0. The summed E-state index contributed by atoms with van der Waals surface area (Å²) in [6.45, 7) is 4.94. The Labute approximate surface area is 449 Å². The minimum absolute atomic E-state index is 0.00791. The third kappa shape index (κ3) is 57.4. The molecule has 0 fully saturated rings. The lowest BCUT2D eigenvalue weighted by Crippen LogP contribution is -2.45. The number of unbranched alkanes of at least 4 members (excludes halogenated alkanes) is 43. The maximum absolute atomic E-state index is 12.5. The zero-order valence-corrected chi connectivity index (χ0v) is 48.4. The van der Waals surface area contributed by atoms with Gasteiger partial charge in [0.25, 0.3) is 0 Å². The van der Waals surface area contributed by atoms with E-state index in [1.54, 1.807) is 0 Å². The Hall–Kier alpha value is -1.92. The molecule has 0 saturated carbocycles. The van der Waals surface area contributed by atoms with Gasteiger partial charge in [0.1, 0.15) is 0 Å². The van der Waals surface area contributed by atoms with E-state index < -0.39 is 12.1 Å². The molecule has 0 aliphatic rings. The second kappa shape index (κ2) is 61.6. The highest BCUT2D eigenvalue weighted by atomic mass is 16.5. The molecule has 0 heterocycles. The van der Waals surface area contributed by atoms with E-state index in [1.807, 2.05) is 0 Å². The number of ether oxygens (including phenoxy) is 1. The van der Waals surface area contributed by atoms with Crippen LogP contribution >= 0.6 is 0 Å². The Morgan fingerprint density at radius 1 is 0.389 bits per heavy atom. The van der Waals surface area contributed by atoms with Gasteiger partial charge in [-0.2, -0.15) is 0 Å². The molecule has 2 atom stereocenters. The fraction of sp³-hybridized carbons (Fsp3) is 0.879. The smallest absolute Gasteiger partial charge is 0.305 e. The summed E-state index contributed by atoms with van der Waals surface area (Å²) < 4.78 is 5.50. The predicted octanol–water partition coefficient (Wildman–Crippen LogP) is 20.4. The van der Waals surface area contributed by atoms with Gasteiger partial charge in [0, 0.05) is 12.8 Å². The van der Waals surface area contributed by atoms with Gasteiger partial charge in [0.2, 0.25) is 5.91 Å². The van der Waals surface area contributed by atoms with Crippen molar-refractivity contribution in [3.63, 3.8) is 0 Å². The van der Waals surface area contributed by atoms with Crippen LogP contribution in [-0.4, -0.2) is 47.4 Å². The van der Waals surface area contributed by atoms with Gasteiger partial charge in [-0.3, -0.25) is 9.59 Å². The largest absolute Gasteiger partial charge is 0.466 e. The number of carbonyl (C=O) groups excluding carboxylic acids is 2. The molecule has 0 radical (unpaired) electrons. The van der Waals surface area contributed by atoms with E-state index in [0.717, 1.165) is 51.4 Å². The Morgan fingerprint density at radius 2 is 0.694 bits per heavy atom. The van der Waals surface area contributed by atoms with E-state index in [0.29, 0.717) is 25.9 Å². The first-order chi connectivity index (χ1) is 35.5. The first kappa shape index (κ1) is 70.1. The van der Waals surface area contributed by atoms with Crippen molar-refractivity contribution >= 4 is 11.9 Å². The van der Waals surface area contributed by atoms with E-state index in [-0.39, 0.29) is 18.5 Å². The standard InChI is InChI=1S/C66H125NO5/c1-3-5-7-9-11-13-15-17-18-19-25-29-32-36-40-44-48-52-56-60-66(71)72-61-57-53-49-45-41-37-33-30-27-24-22-20-21-23-26-28-31-35-39-43-47-51-55-59-65(70)67-63(62-68)64(69)58-54-50-46-42-38-34-16-14-12-10-8-6-4-2/h11,13,17-18,23,26,63-64,68-69H,3-10,12,14-16,19-22,24-25,27-62H2,1-2H3,(H,67,70)/b13-11-,18-17-,26-23-. The summed E-state index contributed by atoms with van der Waals surface area (Å²) in [6, 6.07) is -0.546. The number of hydrogen-bond acceptors (Lipinski definition) is 5. The molecule has 0 aromatic heterocycles.